The maximum absolute atomic E-state index is 13.9. The van der Waals surface area contributed by atoms with Crippen molar-refractivity contribution < 1.29 is 14.3 Å². The van der Waals surface area contributed by atoms with Crippen LogP contribution in [0.4, 0.5) is 0 Å². The monoisotopic (exact) mass is 548 g/mol. The average molecular weight is 549 g/mol. The molecule has 0 bridgehead atoms. The number of rotatable bonds is 9. The second-order valence-corrected chi connectivity index (χ2v) is 10.7. The molecule has 0 spiro atoms. The summed E-state index contributed by atoms with van der Waals surface area (Å²) in [5.74, 6) is 1.19. The number of aromatic nitrogens is 2. The number of thiophene rings is 1. The Morgan fingerprint density at radius 2 is 2.00 bits per heavy atom. The van der Waals surface area contributed by atoms with Crippen LogP contribution in [0.3, 0.4) is 0 Å². The Kier molecular flexibility index (Phi) is 8.09. The molecular formula is C28H28N4O4S2. The molecular weight excluding hydrogens is 520 g/mol. The van der Waals surface area contributed by atoms with E-state index in [1.165, 1.54) is 16.6 Å². The second-order valence-electron chi connectivity index (χ2n) is 8.71. The fraction of sp³-hybridized carbons (Fsp3) is 0.286. The zero-order valence-corrected chi connectivity index (χ0v) is 22.9. The van der Waals surface area contributed by atoms with Crippen LogP contribution in [0.5, 0.6) is 11.5 Å². The van der Waals surface area contributed by atoms with Crippen LogP contribution < -0.4 is 20.5 Å². The molecule has 1 aliphatic rings. The number of methoxy groups -OCH3 is 1. The third-order valence-corrected chi connectivity index (χ3v) is 8.32. The van der Waals surface area contributed by atoms with E-state index in [0.29, 0.717) is 28.6 Å². The van der Waals surface area contributed by atoms with Gasteiger partial charge in [-0.25, -0.2) is 10.4 Å². The van der Waals surface area contributed by atoms with E-state index in [9.17, 15) is 9.59 Å². The van der Waals surface area contributed by atoms with Gasteiger partial charge in [-0.2, -0.15) is 5.10 Å². The molecule has 0 atom stereocenters. The standard InChI is InChI=1S/C28H28N4O4S2/c1-3-36-20-13-11-19(12-14-20)32-27(34)25-22-9-4-5-10-23(22)38-26(25)30-28(32)37-17-24(33)31-29-16-18-7-6-8-21(15-18)35-2/h6-8,11-16H,3-5,9-10,17H2,1-2H3,(H,31,33). The predicted octanol–water partition coefficient (Wildman–Crippen LogP) is 4.98. The van der Waals surface area contributed by atoms with Crippen LogP contribution in [-0.4, -0.2) is 41.1 Å². The van der Waals surface area contributed by atoms with Crippen molar-refractivity contribution in [3.8, 4) is 17.2 Å². The van der Waals surface area contributed by atoms with Gasteiger partial charge < -0.3 is 9.47 Å². The normalized spacial score (nSPS) is 13.0. The van der Waals surface area contributed by atoms with Gasteiger partial charge in [0, 0.05) is 4.88 Å². The van der Waals surface area contributed by atoms with E-state index in [1.54, 1.807) is 29.2 Å². The highest BCUT2D eigenvalue weighted by molar-refractivity contribution is 7.99. The summed E-state index contributed by atoms with van der Waals surface area (Å²) in [6.45, 7) is 2.49. The van der Waals surface area contributed by atoms with Crippen LogP contribution in [-0.2, 0) is 17.6 Å². The summed E-state index contributed by atoms with van der Waals surface area (Å²) in [4.78, 5) is 33.3. The molecule has 2 aromatic carbocycles. The minimum atomic E-state index is -0.299. The molecule has 0 saturated heterocycles. The first-order valence-electron chi connectivity index (χ1n) is 12.5. The van der Waals surface area contributed by atoms with E-state index in [1.807, 2.05) is 55.5 Å². The molecule has 0 radical (unpaired) electrons. The summed E-state index contributed by atoms with van der Waals surface area (Å²) in [6.07, 6.45) is 5.64. The molecule has 196 valence electrons. The topological polar surface area (TPSA) is 94.8 Å². The number of carbonyl (C=O) groups excluding carboxylic acids is 1. The van der Waals surface area contributed by atoms with Crippen molar-refractivity contribution in [3.63, 3.8) is 0 Å². The number of aryl methyl sites for hydroxylation is 2. The number of amides is 1. The van der Waals surface area contributed by atoms with Crippen LogP contribution in [0.15, 0.2) is 63.6 Å². The molecule has 0 fully saturated rings. The maximum atomic E-state index is 13.9. The highest BCUT2D eigenvalue weighted by atomic mass is 32.2. The number of thioether (sulfide) groups is 1. The molecule has 0 aliphatic heterocycles. The molecule has 1 aliphatic carbocycles. The summed E-state index contributed by atoms with van der Waals surface area (Å²) in [6, 6.07) is 14.7. The Balaban J connectivity index is 1.41. The van der Waals surface area contributed by atoms with E-state index in [0.717, 1.165) is 47.4 Å². The van der Waals surface area contributed by atoms with Gasteiger partial charge in [0.1, 0.15) is 16.3 Å². The summed E-state index contributed by atoms with van der Waals surface area (Å²) in [7, 11) is 1.60. The Hall–Kier alpha value is -3.63. The van der Waals surface area contributed by atoms with E-state index < -0.39 is 0 Å². The van der Waals surface area contributed by atoms with Crippen LogP contribution >= 0.6 is 23.1 Å². The fourth-order valence-electron chi connectivity index (χ4n) is 4.43. The summed E-state index contributed by atoms with van der Waals surface area (Å²) >= 11 is 2.81. The van der Waals surface area contributed by atoms with Gasteiger partial charge in [-0.3, -0.25) is 14.2 Å². The number of hydrazone groups is 1. The summed E-state index contributed by atoms with van der Waals surface area (Å²) < 4.78 is 12.4. The third kappa shape index (κ3) is 5.61. The first-order valence-corrected chi connectivity index (χ1v) is 14.3. The zero-order chi connectivity index (χ0) is 26.5. The molecule has 0 saturated carbocycles. The SMILES string of the molecule is CCOc1ccc(-n2c(SCC(=O)NN=Cc3cccc(OC)c3)nc3sc4c(c3c2=O)CCCC4)cc1. The highest BCUT2D eigenvalue weighted by Crippen LogP contribution is 2.35. The minimum Gasteiger partial charge on any atom is -0.497 e. The second kappa shape index (κ2) is 11.8. The summed E-state index contributed by atoms with van der Waals surface area (Å²) in [5, 5.41) is 5.23. The van der Waals surface area contributed by atoms with Crippen molar-refractivity contribution in [2.24, 2.45) is 5.10 Å². The molecule has 0 unspecified atom stereocenters. The lowest BCUT2D eigenvalue weighted by atomic mass is 9.97. The average Bonchev–Trinajstić information content (AvgIpc) is 3.31. The molecule has 10 heteroatoms. The van der Waals surface area contributed by atoms with Crippen molar-refractivity contribution >= 4 is 45.4 Å². The predicted molar refractivity (Wildman–Crippen MR) is 152 cm³/mol. The van der Waals surface area contributed by atoms with E-state index in [-0.39, 0.29) is 17.2 Å². The van der Waals surface area contributed by atoms with Gasteiger partial charge in [-0.1, -0.05) is 23.9 Å². The Bertz CT molecular complexity index is 1540. The smallest absolute Gasteiger partial charge is 0.267 e. The Morgan fingerprint density at radius 1 is 1.18 bits per heavy atom. The van der Waals surface area contributed by atoms with Crippen LogP contribution in [0.25, 0.3) is 15.9 Å². The van der Waals surface area contributed by atoms with E-state index in [2.05, 4.69) is 10.5 Å². The molecule has 2 aromatic heterocycles. The van der Waals surface area contributed by atoms with Gasteiger partial charge in [-0.15, -0.1) is 11.3 Å². The van der Waals surface area contributed by atoms with Crippen molar-refractivity contribution in [2.45, 2.75) is 37.8 Å². The van der Waals surface area contributed by atoms with Crippen molar-refractivity contribution in [1.29, 1.82) is 0 Å². The lowest BCUT2D eigenvalue weighted by molar-refractivity contribution is -0.118. The van der Waals surface area contributed by atoms with Gasteiger partial charge in [0.25, 0.3) is 11.5 Å². The number of ether oxygens (including phenoxy) is 2. The first-order chi connectivity index (χ1) is 18.6. The van der Waals surface area contributed by atoms with Crippen molar-refractivity contribution in [2.75, 3.05) is 19.5 Å². The molecule has 8 nitrogen and oxygen atoms in total. The summed E-state index contributed by atoms with van der Waals surface area (Å²) in [5.41, 5.74) is 5.07. The molecule has 1 N–H and O–H groups in total. The maximum Gasteiger partial charge on any atom is 0.267 e. The number of hydrogen-bond donors (Lipinski definition) is 1. The number of nitrogens with one attached hydrogen (secondary N) is 1. The number of benzene rings is 2. The Labute approximate surface area is 228 Å². The largest absolute Gasteiger partial charge is 0.497 e. The van der Waals surface area contributed by atoms with Gasteiger partial charge in [0.2, 0.25) is 0 Å². The molecule has 4 aromatic rings. The van der Waals surface area contributed by atoms with Crippen LogP contribution in [0.1, 0.15) is 35.8 Å². The molecule has 38 heavy (non-hydrogen) atoms. The lowest BCUT2D eigenvalue weighted by Gasteiger charge is -2.14. The first kappa shape index (κ1) is 26.0. The van der Waals surface area contributed by atoms with Gasteiger partial charge in [0.15, 0.2) is 5.16 Å². The van der Waals surface area contributed by atoms with Gasteiger partial charge in [-0.05, 0) is 80.1 Å². The number of fused-ring (bicyclic) bond motifs is 3. The third-order valence-electron chi connectivity index (χ3n) is 6.19. The quantitative estimate of drug-likeness (QED) is 0.137. The van der Waals surface area contributed by atoms with E-state index in [4.69, 9.17) is 14.5 Å². The number of hydrogen-bond acceptors (Lipinski definition) is 8. The number of carbonyl (C=O) groups is 1. The van der Waals surface area contributed by atoms with Crippen molar-refractivity contribution in [3.05, 3.63) is 74.9 Å². The minimum absolute atomic E-state index is 0.0511. The van der Waals surface area contributed by atoms with Crippen molar-refractivity contribution in [1.82, 2.24) is 15.0 Å². The lowest BCUT2D eigenvalue weighted by Crippen LogP contribution is -2.24. The van der Waals surface area contributed by atoms with Gasteiger partial charge >= 0.3 is 0 Å². The fourth-order valence-corrected chi connectivity index (χ4v) is 6.54. The Morgan fingerprint density at radius 3 is 2.79 bits per heavy atom. The van der Waals surface area contributed by atoms with Crippen LogP contribution in [0.2, 0.25) is 0 Å². The van der Waals surface area contributed by atoms with Crippen LogP contribution in [0, 0.1) is 0 Å². The van der Waals surface area contributed by atoms with Gasteiger partial charge in [0.05, 0.1) is 36.8 Å². The van der Waals surface area contributed by atoms with E-state index >= 15 is 0 Å². The molecule has 1 amide bonds. The zero-order valence-electron chi connectivity index (χ0n) is 21.2. The highest BCUT2D eigenvalue weighted by Gasteiger charge is 2.23. The molecule has 2 heterocycles. The molecule has 5 rings (SSSR count). The number of nitrogens with zero attached hydrogens (tertiary/aromatic N) is 3.